The monoisotopic (exact) mass is 356 g/mol. The van der Waals surface area contributed by atoms with Crippen LogP contribution < -0.4 is 15.2 Å². The first-order valence-electron chi connectivity index (χ1n) is 8.22. The molecule has 6 nitrogen and oxygen atoms in total. The van der Waals surface area contributed by atoms with Crippen molar-refractivity contribution >= 4 is 11.8 Å². The molecule has 0 fully saturated rings. The van der Waals surface area contributed by atoms with Gasteiger partial charge in [-0.3, -0.25) is 9.59 Å². The maximum absolute atomic E-state index is 13.0. The number of benzene rings is 2. The van der Waals surface area contributed by atoms with E-state index in [2.05, 4.69) is 0 Å². The van der Waals surface area contributed by atoms with Crippen molar-refractivity contribution in [2.24, 2.45) is 5.73 Å². The summed E-state index contributed by atoms with van der Waals surface area (Å²) in [5.41, 5.74) is 7.63. The van der Waals surface area contributed by atoms with E-state index >= 15 is 0 Å². The third-order valence-electron chi connectivity index (χ3n) is 4.35. The Morgan fingerprint density at radius 3 is 2.31 bits per heavy atom. The predicted octanol–water partition coefficient (Wildman–Crippen LogP) is 2.70. The van der Waals surface area contributed by atoms with Gasteiger partial charge in [-0.05, 0) is 36.2 Å². The number of nitrogens with two attached hydrogens (primary N) is 1. The second-order valence-electron chi connectivity index (χ2n) is 6.03. The van der Waals surface area contributed by atoms with Crippen molar-refractivity contribution in [2.45, 2.75) is 19.4 Å². The Bertz CT molecular complexity index is 804. The Kier molecular flexibility index (Phi) is 6.22. The molecule has 0 aromatic heterocycles. The molecule has 1 atom stereocenters. The molecule has 138 valence electrons. The molecule has 0 aliphatic heterocycles. The van der Waals surface area contributed by atoms with Crippen LogP contribution in [0.5, 0.6) is 11.5 Å². The van der Waals surface area contributed by atoms with Gasteiger partial charge in [-0.15, -0.1) is 0 Å². The van der Waals surface area contributed by atoms with Gasteiger partial charge in [0.2, 0.25) is 5.91 Å². The third kappa shape index (κ3) is 4.14. The molecule has 0 aliphatic rings. The highest BCUT2D eigenvalue weighted by molar-refractivity contribution is 5.96. The van der Waals surface area contributed by atoms with Crippen molar-refractivity contribution in [3.05, 3.63) is 59.2 Å². The largest absolute Gasteiger partial charge is 0.493 e. The number of methoxy groups -OCH3 is 2. The minimum Gasteiger partial charge on any atom is -0.493 e. The molecule has 0 saturated heterocycles. The number of aryl methyl sites for hydroxylation is 1. The fourth-order valence-electron chi connectivity index (χ4n) is 2.87. The highest BCUT2D eigenvalue weighted by atomic mass is 16.5. The molecule has 0 saturated carbocycles. The number of nitrogens with zero attached hydrogens (tertiary/aromatic N) is 1. The zero-order valence-corrected chi connectivity index (χ0v) is 15.5. The first-order valence-corrected chi connectivity index (χ1v) is 8.22. The lowest BCUT2D eigenvalue weighted by molar-refractivity contribution is -0.119. The van der Waals surface area contributed by atoms with E-state index in [1.54, 1.807) is 38.4 Å². The van der Waals surface area contributed by atoms with Gasteiger partial charge < -0.3 is 20.1 Å². The average molecular weight is 356 g/mol. The average Bonchev–Trinajstić information content (AvgIpc) is 2.64. The maximum Gasteiger partial charge on any atom is 0.254 e. The quantitative estimate of drug-likeness (QED) is 0.827. The van der Waals surface area contributed by atoms with E-state index in [0.29, 0.717) is 17.1 Å². The molecule has 0 spiro atoms. The smallest absolute Gasteiger partial charge is 0.254 e. The van der Waals surface area contributed by atoms with Crippen molar-refractivity contribution in [3.8, 4) is 11.5 Å². The van der Waals surface area contributed by atoms with Gasteiger partial charge >= 0.3 is 0 Å². The fourth-order valence-corrected chi connectivity index (χ4v) is 2.87. The Morgan fingerprint density at radius 2 is 1.73 bits per heavy atom. The van der Waals surface area contributed by atoms with E-state index in [1.807, 2.05) is 25.1 Å². The molecule has 26 heavy (non-hydrogen) atoms. The summed E-state index contributed by atoms with van der Waals surface area (Å²) in [7, 11) is 4.75. The number of carbonyl (C=O) groups excluding carboxylic acids is 2. The molecule has 2 aromatic rings. The van der Waals surface area contributed by atoms with E-state index in [4.69, 9.17) is 15.2 Å². The zero-order valence-electron chi connectivity index (χ0n) is 15.5. The molecule has 2 amide bonds. The summed E-state index contributed by atoms with van der Waals surface area (Å²) in [4.78, 5) is 26.1. The Hall–Kier alpha value is -3.02. The fraction of sp³-hybridized carbons (Fsp3) is 0.300. The van der Waals surface area contributed by atoms with Crippen molar-refractivity contribution in [1.82, 2.24) is 4.90 Å². The van der Waals surface area contributed by atoms with Gasteiger partial charge in [-0.2, -0.15) is 0 Å². The highest BCUT2D eigenvalue weighted by Crippen LogP contribution is 2.33. The van der Waals surface area contributed by atoms with Gasteiger partial charge in [-0.25, -0.2) is 0 Å². The topological polar surface area (TPSA) is 81.9 Å². The maximum atomic E-state index is 13.0. The van der Waals surface area contributed by atoms with Crippen LogP contribution in [0.3, 0.4) is 0 Å². The molecule has 0 aliphatic carbocycles. The van der Waals surface area contributed by atoms with Crippen LogP contribution in [-0.4, -0.2) is 38.0 Å². The standard InChI is InChI=1S/C20H24N2O4/c1-13-7-5-6-8-15(13)20(24)22(2)16(12-19(21)23)14-9-10-17(25-3)18(11-14)26-4/h5-11,16H,12H2,1-4H3,(H2,21,23). The van der Waals surface area contributed by atoms with E-state index in [1.165, 1.54) is 12.0 Å². The summed E-state index contributed by atoms with van der Waals surface area (Å²) < 4.78 is 10.6. The number of ether oxygens (including phenoxy) is 2. The minimum absolute atomic E-state index is 0.00358. The molecule has 6 heteroatoms. The number of primary amides is 1. The van der Waals surface area contributed by atoms with Crippen LogP contribution in [0.1, 0.15) is 33.9 Å². The van der Waals surface area contributed by atoms with Crippen molar-refractivity contribution in [2.75, 3.05) is 21.3 Å². The molecule has 0 radical (unpaired) electrons. The van der Waals surface area contributed by atoms with Gasteiger partial charge in [0.05, 0.1) is 26.7 Å². The van der Waals surface area contributed by atoms with Crippen LogP contribution in [0, 0.1) is 6.92 Å². The molecular weight excluding hydrogens is 332 g/mol. The summed E-state index contributed by atoms with van der Waals surface area (Å²) in [6.07, 6.45) is 0.00358. The Morgan fingerprint density at radius 1 is 1.08 bits per heavy atom. The van der Waals surface area contributed by atoms with Gasteiger partial charge in [0.1, 0.15) is 0 Å². The van der Waals surface area contributed by atoms with E-state index in [9.17, 15) is 9.59 Å². The molecule has 0 bridgehead atoms. The number of rotatable bonds is 7. The summed E-state index contributed by atoms with van der Waals surface area (Å²) in [6, 6.07) is 12.1. The first-order chi connectivity index (χ1) is 12.4. The van der Waals surface area contributed by atoms with Crippen molar-refractivity contribution in [1.29, 1.82) is 0 Å². The van der Waals surface area contributed by atoms with Gasteiger partial charge in [0, 0.05) is 12.6 Å². The van der Waals surface area contributed by atoms with Crippen molar-refractivity contribution in [3.63, 3.8) is 0 Å². The summed E-state index contributed by atoms with van der Waals surface area (Å²) in [5.74, 6) is 0.427. The van der Waals surface area contributed by atoms with Crippen molar-refractivity contribution < 1.29 is 19.1 Å². The summed E-state index contributed by atoms with van der Waals surface area (Å²) in [5, 5.41) is 0. The summed E-state index contributed by atoms with van der Waals surface area (Å²) >= 11 is 0. The normalized spacial score (nSPS) is 11.5. The number of amides is 2. The molecular formula is C20H24N2O4. The summed E-state index contributed by atoms with van der Waals surface area (Å²) in [6.45, 7) is 1.88. The first kappa shape index (κ1) is 19.3. The van der Waals surface area contributed by atoms with Crippen LogP contribution >= 0.6 is 0 Å². The van der Waals surface area contributed by atoms with Crippen LogP contribution in [0.2, 0.25) is 0 Å². The second-order valence-corrected chi connectivity index (χ2v) is 6.03. The zero-order chi connectivity index (χ0) is 19.3. The minimum atomic E-state index is -0.514. The Balaban J connectivity index is 2.42. The van der Waals surface area contributed by atoms with E-state index in [0.717, 1.165) is 11.1 Å². The number of carbonyl (C=O) groups is 2. The van der Waals surface area contributed by atoms with Gasteiger partial charge in [-0.1, -0.05) is 24.3 Å². The lowest BCUT2D eigenvalue weighted by atomic mass is 9.99. The number of hydrogen-bond donors (Lipinski definition) is 1. The van der Waals surface area contributed by atoms with Crippen LogP contribution in [0.25, 0.3) is 0 Å². The molecule has 2 rings (SSSR count). The SMILES string of the molecule is COc1ccc(C(CC(N)=O)N(C)C(=O)c2ccccc2C)cc1OC. The van der Waals surface area contributed by atoms with Crippen LogP contribution in [-0.2, 0) is 4.79 Å². The lowest BCUT2D eigenvalue weighted by Crippen LogP contribution is -2.34. The lowest BCUT2D eigenvalue weighted by Gasteiger charge is -2.29. The molecule has 2 aromatic carbocycles. The number of hydrogen-bond acceptors (Lipinski definition) is 4. The van der Waals surface area contributed by atoms with Crippen LogP contribution in [0.15, 0.2) is 42.5 Å². The van der Waals surface area contributed by atoms with Gasteiger partial charge in [0.25, 0.3) is 5.91 Å². The molecule has 0 heterocycles. The Labute approximate surface area is 153 Å². The second kappa shape index (κ2) is 8.38. The van der Waals surface area contributed by atoms with E-state index < -0.39 is 11.9 Å². The molecule has 2 N–H and O–H groups in total. The van der Waals surface area contributed by atoms with Crippen LogP contribution in [0.4, 0.5) is 0 Å². The third-order valence-corrected chi connectivity index (χ3v) is 4.35. The highest BCUT2D eigenvalue weighted by Gasteiger charge is 2.26. The molecule has 1 unspecified atom stereocenters. The van der Waals surface area contributed by atoms with Gasteiger partial charge in [0.15, 0.2) is 11.5 Å². The predicted molar refractivity (Wildman–Crippen MR) is 99.4 cm³/mol. The van der Waals surface area contributed by atoms with E-state index in [-0.39, 0.29) is 12.3 Å².